The Morgan fingerprint density at radius 2 is 2.05 bits per heavy atom. The van der Waals surface area contributed by atoms with E-state index in [0.29, 0.717) is 24.5 Å². The predicted octanol–water partition coefficient (Wildman–Crippen LogP) is 1.88. The average molecular weight is 281 g/mol. The van der Waals surface area contributed by atoms with Crippen molar-refractivity contribution in [3.8, 4) is 5.75 Å². The SMILES string of the molecule is CCN(CC)C(=O)CNc1cc([N+](=O)[O-])ccc1OC. The van der Waals surface area contributed by atoms with Crippen molar-refractivity contribution in [1.82, 2.24) is 4.90 Å². The minimum absolute atomic E-state index is 0.0522. The summed E-state index contributed by atoms with van der Waals surface area (Å²) in [4.78, 5) is 23.8. The van der Waals surface area contributed by atoms with Gasteiger partial charge in [0.25, 0.3) is 5.69 Å². The second kappa shape index (κ2) is 7.32. The number of non-ortho nitro benzene ring substituents is 1. The van der Waals surface area contributed by atoms with Crippen LogP contribution in [0.2, 0.25) is 0 Å². The maximum absolute atomic E-state index is 11.9. The molecule has 0 aliphatic heterocycles. The van der Waals surface area contributed by atoms with Crippen LogP contribution in [-0.4, -0.2) is 42.5 Å². The van der Waals surface area contributed by atoms with E-state index in [2.05, 4.69) is 5.32 Å². The largest absolute Gasteiger partial charge is 0.495 e. The molecule has 0 unspecified atom stereocenters. The molecule has 0 spiro atoms. The summed E-state index contributed by atoms with van der Waals surface area (Å²) in [5.41, 5.74) is 0.380. The van der Waals surface area contributed by atoms with E-state index in [9.17, 15) is 14.9 Å². The van der Waals surface area contributed by atoms with Crippen LogP contribution in [0, 0.1) is 10.1 Å². The Kier molecular flexibility index (Phi) is 5.76. The number of nitrogens with one attached hydrogen (secondary N) is 1. The number of nitro groups is 1. The van der Waals surface area contributed by atoms with E-state index in [0.717, 1.165) is 0 Å². The number of amides is 1. The third kappa shape index (κ3) is 3.84. The Labute approximate surface area is 117 Å². The number of hydrogen-bond donors (Lipinski definition) is 1. The summed E-state index contributed by atoms with van der Waals surface area (Å²) in [5, 5.41) is 13.6. The fourth-order valence-electron chi connectivity index (χ4n) is 1.81. The van der Waals surface area contributed by atoms with Crippen molar-refractivity contribution in [1.29, 1.82) is 0 Å². The molecule has 1 amide bonds. The van der Waals surface area contributed by atoms with Gasteiger partial charge in [-0.15, -0.1) is 0 Å². The van der Waals surface area contributed by atoms with Crippen LogP contribution in [0.1, 0.15) is 13.8 Å². The highest BCUT2D eigenvalue weighted by molar-refractivity contribution is 5.81. The molecule has 0 atom stereocenters. The molecule has 0 radical (unpaired) electrons. The molecular formula is C13H19N3O4. The first-order chi connectivity index (χ1) is 9.53. The first kappa shape index (κ1) is 15.7. The Bertz CT molecular complexity index is 487. The highest BCUT2D eigenvalue weighted by Gasteiger charge is 2.14. The van der Waals surface area contributed by atoms with Crippen LogP contribution in [0.3, 0.4) is 0 Å². The molecule has 0 saturated carbocycles. The Hall–Kier alpha value is -2.31. The molecule has 20 heavy (non-hydrogen) atoms. The van der Waals surface area contributed by atoms with E-state index < -0.39 is 4.92 Å². The van der Waals surface area contributed by atoms with Gasteiger partial charge in [0.1, 0.15) is 5.75 Å². The highest BCUT2D eigenvalue weighted by Crippen LogP contribution is 2.28. The van der Waals surface area contributed by atoms with Gasteiger partial charge in [0.05, 0.1) is 24.3 Å². The maximum Gasteiger partial charge on any atom is 0.271 e. The van der Waals surface area contributed by atoms with Crippen molar-refractivity contribution in [3.05, 3.63) is 28.3 Å². The van der Waals surface area contributed by atoms with Crippen LogP contribution in [0.25, 0.3) is 0 Å². The molecule has 1 rings (SSSR count). The zero-order chi connectivity index (χ0) is 15.1. The first-order valence-electron chi connectivity index (χ1n) is 6.37. The van der Waals surface area contributed by atoms with Crippen molar-refractivity contribution < 1.29 is 14.5 Å². The monoisotopic (exact) mass is 281 g/mol. The fourth-order valence-corrected chi connectivity index (χ4v) is 1.81. The van der Waals surface area contributed by atoms with E-state index in [4.69, 9.17) is 4.74 Å². The number of nitrogens with zero attached hydrogens (tertiary/aromatic N) is 2. The molecule has 7 heteroatoms. The smallest absolute Gasteiger partial charge is 0.271 e. The van der Waals surface area contributed by atoms with Gasteiger partial charge in [0, 0.05) is 25.2 Å². The summed E-state index contributed by atoms with van der Waals surface area (Å²) < 4.78 is 5.12. The zero-order valence-electron chi connectivity index (χ0n) is 11.9. The molecule has 0 bridgehead atoms. The summed E-state index contributed by atoms with van der Waals surface area (Å²) >= 11 is 0. The van der Waals surface area contributed by atoms with Crippen LogP contribution < -0.4 is 10.1 Å². The number of anilines is 1. The minimum atomic E-state index is -0.489. The van der Waals surface area contributed by atoms with E-state index in [1.165, 1.54) is 25.3 Å². The van der Waals surface area contributed by atoms with Gasteiger partial charge in [-0.2, -0.15) is 0 Å². The lowest BCUT2D eigenvalue weighted by Crippen LogP contribution is -2.35. The van der Waals surface area contributed by atoms with Crippen LogP contribution in [0.15, 0.2) is 18.2 Å². The molecule has 0 aliphatic carbocycles. The van der Waals surface area contributed by atoms with Gasteiger partial charge in [-0.25, -0.2) is 0 Å². The Balaban J connectivity index is 2.82. The number of nitro benzene ring substituents is 1. The Morgan fingerprint density at radius 3 is 2.55 bits per heavy atom. The van der Waals surface area contributed by atoms with Gasteiger partial charge < -0.3 is 15.0 Å². The zero-order valence-corrected chi connectivity index (χ0v) is 11.9. The van der Waals surface area contributed by atoms with Crippen LogP contribution in [0.4, 0.5) is 11.4 Å². The molecule has 110 valence electrons. The fraction of sp³-hybridized carbons (Fsp3) is 0.462. The van der Waals surface area contributed by atoms with Gasteiger partial charge in [-0.05, 0) is 19.9 Å². The topological polar surface area (TPSA) is 84.7 Å². The van der Waals surface area contributed by atoms with Gasteiger partial charge in [-0.3, -0.25) is 14.9 Å². The number of hydrogen-bond acceptors (Lipinski definition) is 5. The van der Waals surface area contributed by atoms with Crippen molar-refractivity contribution >= 4 is 17.3 Å². The average Bonchev–Trinajstić information content (AvgIpc) is 2.45. The molecule has 7 nitrogen and oxygen atoms in total. The third-order valence-corrected chi connectivity index (χ3v) is 2.94. The lowest BCUT2D eigenvalue weighted by atomic mass is 10.2. The van der Waals surface area contributed by atoms with Gasteiger partial charge >= 0.3 is 0 Å². The molecule has 1 aromatic carbocycles. The van der Waals surface area contributed by atoms with Gasteiger partial charge in [0.2, 0.25) is 5.91 Å². The van der Waals surface area contributed by atoms with E-state index in [1.807, 2.05) is 13.8 Å². The number of likely N-dealkylation sites (N-methyl/N-ethyl adjacent to an activating group) is 1. The maximum atomic E-state index is 11.9. The number of benzene rings is 1. The standard InChI is InChI=1S/C13H19N3O4/c1-4-15(5-2)13(17)9-14-11-8-10(16(18)19)6-7-12(11)20-3/h6-8,14H,4-5,9H2,1-3H3. The molecule has 0 aliphatic rings. The molecular weight excluding hydrogens is 262 g/mol. The molecule has 0 heterocycles. The summed E-state index contributed by atoms with van der Waals surface area (Å²) in [6.07, 6.45) is 0. The first-order valence-corrected chi connectivity index (χ1v) is 6.37. The highest BCUT2D eigenvalue weighted by atomic mass is 16.6. The van der Waals surface area contributed by atoms with E-state index >= 15 is 0 Å². The molecule has 1 N–H and O–H groups in total. The third-order valence-electron chi connectivity index (χ3n) is 2.94. The summed E-state index contributed by atoms with van der Waals surface area (Å²) in [7, 11) is 1.47. The van der Waals surface area contributed by atoms with Crippen LogP contribution in [-0.2, 0) is 4.79 Å². The second-order valence-electron chi connectivity index (χ2n) is 4.06. The van der Waals surface area contributed by atoms with Gasteiger partial charge in [-0.1, -0.05) is 0 Å². The predicted molar refractivity (Wildman–Crippen MR) is 76.1 cm³/mol. The number of methoxy groups -OCH3 is 1. The van der Waals surface area contributed by atoms with Crippen LogP contribution >= 0.6 is 0 Å². The number of carbonyl (C=O) groups excluding carboxylic acids is 1. The lowest BCUT2D eigenvalue weighted by Gasteiger charge is -2.19. The second-order valence-corrected chi connectivity index (χ2v) is 4.06. The Morgan fingerprint density at radius 1 is 1.40 bits per heavy atom. The molecule has 0 fully saturated rings. The number of ether oxygens (including phenoxy) is 1. The molecule has 0 saturated heterocycles. The van der Waals surface area contributed by atoms with Crippen molar-refractivity contribution in [2.24, 2.45) is 0 Å². The lowest BCUT2D eigenvalue weighted by molar-refractivity contribution is -0.384. The summed E-state index contributed by atoms with van der Waals surface area (Å²) in [6.45, 7) is 5.12. The van der Waals surface area contributed by atoms with Crippen molar-refractivity contribution in [3.63, 3.8) is 0 Å². The summed E-state index contributed by atoms with van der Waals surface area (Å²) in [5.74, 6) is 0.395. The molecule has 1 aromatic rings. The van der Waals surface area contributed by atoms with E-state index in [1.54, 1.807) is 4.90 Å². The quantitative estimate of drug-likeness (QED) is 0.609. The minimum Gasteiger partial charge on any atom is -0.495 e. The number of carbonyl (C=O) groups is 1. The number of rotatable bonds is 7. The van der Waals surface area contributed by atoms with E-state index in [-0.39, 0.29) is 18.1 Å². The van der Waals surface area contributed by atoms with Crippen LogP contribution in [0.5, 0.6) is 5.75 Å². The van der Waals surface area contributed by atoms with Gasteiger partial charge in [0.15, 0.2) is 0 Å². The normalized spacial score (nSPS) is 9.95. The van der Waals surface area contributed by atoms with Crippen molar-refractivity contribution in [2.45, 2.75) is 13.8 Å². The summed E-state index contributed by atoms with van der Waals surface area (Å²) in [6, 6.07) is 4.22. The van der Waals surface area contributed by atoms with Crippen molar-refractivity contribution in [2.75, 3.05) is 32.1 Å². The molecule has 0 aromatic heterocycles.